The second kappa shape index (κ2) is 7.28. The summed E-state index contributed by atoms with van der Waals surface area (Å²) in [5.41, 5.74) is 0.553. The highest BCUT2D eigenvalue weighted by Crippen LogP contribution is 2.20. The van der Waals surface area contributed by atoms with Crippen molar-refractivity contribution < 1.29 is 14.3 Å². The third-order valence-electron chi connectivity index (χ3n) is 3.28. The maximum atomic E-state index is 11.8. The Kier molecular flexibility index (Phi) is 5.40. The first-order chi connectivity index (χ1) is 10.1. The van der Waals surface area contributed by atoms with Gasteiger partial charge in [0.1, 0.15) is 5.69 Å². The van der Waals surface area contributed by atoms with E-state index in [1.807, 2.05) is 0 Å². The summed E-state index contributed by atoms with van der Waals surface area (Å²) in [5.74, 6) is 0.398. The van der Waals surface area contributed by atoms with E-state index in [1.165, 1.54) is 7.11 Å². The van der Waals surface area contributed by atoms with Crippen LogP contribution >= 0.6 is 0 Å². The van der Waals surface area contributed by atoms with Gasteiger partial charge in [0.25, 0.3) is 5.88 Å². The number of rotatable bonds is 5. The van der Waals surface area contributed by atoms with Crippen molar-refractivity contribution >= 4 is 11.7 Å². The first-order valence-corrected chi connectivity index (χ1v) is 7.05. The zero-order valence-corrected chi connectivity index (χ0v) is 12.8. The van der Waals surface area contributed by atoms with Crippen molar-refractivity contribution in [3.8, 4) is 5.88 Å². The SMILES string of the molecule is COc1nn(C)cc1NC(=O)NCCN1CCOC(C)C1. The van der Waals surface area contributed by atoms with E-state index in [1.54, 1.807) is 17.9 Å². The number of hydrogen-bond donors (Lipinski definition) is 2. The molecule has 0 radical (unpaired) electrons. The van der Waals surface area contributed by atoms with Crippen LogP contribution in [0, 0.1) is 0 Å². The molecule has 1 atom stereocenters. The maximum absolute atomic E-state index is 11.8. The lowest BCUT2D eigenvalue weighted by molar-refractivity contribution is -0.0174. The fraction of sp³-hybridized carbons (Fsp3) is 0.692. The highest BCUT2D eigenvalue weighted by Gasteiger charge is 2.16. The minimum absolute atomic E-state index is 0.257. The molecule has 1 aliphatic heterocycles. The van der Waals surface area contributed by atoms with Crippen LogP contribution in [-0.2, 0) is 11.8 Å². The van der Waals surface area contributed by atoms with Crippen LogP contribution in [0.4, 0.5) is 10.5 Å². The van der Waals surface area contributed by atoms with Crippen molar-refractivity contribution in [3.05, 3.63) is 6.20 Å². The highest BCUT2D eigenvalue weighted by atomic mass is 16.5. The van der Waals surface area contributed by atoms with Gasteiger partial charge in [0.2, 0.25) is 0 Å². The fourth-order valence-electron chi connectivity index (χ4n) is 2.29. The molecule has 8 nitrogen and oxygen atoms in total. The molecule has 1 unspecified atom stereocenters. The van der Waals surface area contributed by atoms with E-state index >= 15 is 0 Å². The molecule has 0 saturated carbocycles. The number of aryl methyl sites for hydroxylation is 1. The summed E-state index contributed by atoms with van der Waals surface area (Å²) in [5, 5.41) is 9.63. The summed E-state index contributed by atoms with van der Waals surface area (Å²) in [4.78, 5) is 14.1. The summed E-state index contributed by atoms with van der Waals surface area (Å²) in [7, 11) is 3.29. The van der Waals surface area contributed by atoms with Crippen LogP contribution in [0.25, 0.3) is 0 Å². The van der Waals surface area contributed by atoms with Crippen LogP contribution in [0.1, 0.15) is 6.92 Å². The Morgan fingerprint density at radius 3 is 3.14 bits per heavy atom. The maximum Gasteiger partial charge on any atom is 0.319 e. The van der Waals surface area contributed by atoms with Crippen molar-refractivity contribution in [1.29, 1.82) is 0 Å². The van der Waals surface area contributed by atoms with Gasteiger partial charge in [0.15, 0.2) is 0 Å². The largest absolute Gasteiger partial charge is 0.478 e. The summed E-state index contributed by atoms with van der Waals surface area (Å²) in [6.07, 6.45) is 1.95. The van der Waals surface area contributed by atoms with E-state index in [2.05, 4.69) is 27.6 Å². The molecule has 2 rings (SSSR count). The number of aromatic nitrogens is 2. The molecule has 1 saturated heterocycles. The van der Waals surface area contributed by atoms with Gasteiger partial charge in [-0.1, -0.05) is 0 Å². The van der Waals surface area contributed by atoms with Crippen LogP contribution < -0.4 is 15.4 Å². The molecule has 1 fully saturated rings. The molecule has 2 heterocycles. The Balaban J connectivity index is 1.72. The van der Waals surface area contributed by atoms with Crippen molar-refractivity contribution in [3.63, 3.8) is 0 Å². The Morgan fingerprint density at radius 1 is 1.62 bits per heavy atom. The summed E-state index contributed by atoms with van der Waals surface area (Å²) in [6, 6.07) is -0.261. The number of hydrogen-bond acceptors (Lipinski definition) is 5. The summed E-state index contributed by atoms with van der Waals surface area (Å²) >= 11 is 0. The van der Waals surface area contributed by atoms with Gasteiger partial charge in [0, 0.05) is 33.2 Å². The van der Waals surface area contributed by atoms with Crippen molar-refractivity contribution in [2.75, 3.05) is 45.2 Å². The number of morpholine rings is 1. The van der Waals surface area contributed by atoms with Crippen LogP contribution in [-0.4, -0.2) is 66.7 Å². The standard InChI is InChI=1S/C13H23N5O3/c1-10-8-18(6-7-21-10)5-4-14-13(19)15-11-9-17(2)16-12(11)20-3/h9-10H,4-8H2,1-3H3,(H2,14,15,19). The Hall–Kier alpha value is -1.80. The van der Waals surface area contributed by atoms with Gasteiger partial charge in [-0.15, -0.1) is 5.10 Å². The molecular weight excluding hydrogens is 274 g/mol. The number of carbonyl (C=O) groups excluding carboxylic acids is 1. The molecule has 0 aromatic carbocycles. The minimum Gasteiger partial charge on any atom is -0.478 e. The zero-order valence-electron chi connectivity index (χ0n) is 12.8. The highest BCUT2D eigenvalue weighted by molar-refractivity contribution is 5.90. The Morgan fingerprint density at radius 2 is 2.43 bits per heavy atom. The van der Waals surface area contributed by atoms with E-state index in [4.69, 9.17) is 9.47 Å². The monoisotopic (exact) mass is 297 g/mol. The quantitative estimate of drug-likeness (QED) is 0.815. The van der Waals surface area contributed by atoms with Crippen LogP contribution in [0.5, 0.6) is 5.88 Å². The van der Waals surface area contributed by atoms with Crippen LogP contribution in [0.3, 0.4) is 0 Å². The fourth-order valence-corrected chi connectivity index (χ4v) is 2.29. The Bertz CT molecular complexity index is 476. The van der Waals surface area contributed by atoms with Gasteiger partial charge >= 0.3 is 6.03 Å². The number of anilines is 1. The van der Waals surface area contributed by atoms with Gasteiger partial charge in [-0.2, -0.15) is 0 Å². The predicted molar refractivity (Wildman–Crippen MR) is 78.6 cm³/mol. The van der Waals surface area contributed by atoms with E-state index < -0.39 is 0 Å². The normalized spacial score (nSPS) is 19.3. The topological polar surface area (TPSA) is 80.6 Å². The molecule has 0 aliphatic carbocycles. The molecule has 2 amide bonds. The molecule has 0 spiro atoms. The molecule has 1 aromatic heterocycles. The summed E-state index contributed by atoms with van der Waals surface area (Å²) < 4.78 is 12.1. The Labute approximate surface area is 124 Å². The molecule has 0 bridgehead atoms. The molecule has 2 N–H and O–H groups in total. The second-order valence-electron chi connectivity index (χ2n) is 5.09. The lowest BCUT2D eigenvalue weighted by atomic mass is 10.3. The van der Waals surface area contributed by atoms with E-state index in [0.717, 1.165) is 26.2 Å². The van der Waals surface area contributed by atoms with Gasteiger partial charge in [-0.3, -0.25) is 9.58 Å². The number of nitrogens with one attached hydrogen (secondary N) is 2. The number of carbonyl (C=O) groups is 1. The number of amides is 2. The zero-order chi connectivity index (χ0) is 15.2. The summed E-state index contributed by atoms with van der Waals surface area (Å²) in [6.45, 7) is 6.01. The second-order valence-corrected chi connectivity index (χ2v) is 5.09. The number of nitrogens with zero attached hydrogens (tertiary/aromatic N) is 3. The first kappa shape index (κ1) is 15.6. The van der Waals surface area contributed by atoms with Crippen LogP contribution in [0.2, 0.25) is 0 Å². The number of ether oxygens (including phenoxy) is 2. The van der Waals surface area contributed by atoms with Gasteiger partial charge < -0.3 is 20.1 Å². The number of urea groups is 1. The smallest absolute Gasteiger partial charge is 0.319 e. The lowest BCUT2D eigenvalue weighted by Crippen LogP contribution is -2.45. The predicted octanol–water partition coefficient (Wildman–Crippen LogP) is 0.271. The molecule has 1 aromatic rings. The van der Waals surface area contributed by atoms with Gasteiger partial charge in [0.05, 0.1) is 26.0 Å². The molecule has 1 aliphatic rings. The van der Waals surface area contributed by atoms with Crippen molar-refractivity contribution in [1.82, 2.24) is 20.0 Å². The van der Waals surface area contributed by atoms with Gasteiger partial charge in [-0.25, -0.2) is 4.79 Å². The molecule has 118 valence electrons. The van der Waals surface area contributed by atoms with E-state index in [9.17, 15) is 4.79 Å². The van der Waals surface area contributed by atoms with Crippen molar-refractivity contribution in [2.45, 2.75) is 13.0 Å². The van der Waals surface area contributed by atoms with Crippen molar-refractivity contribution in [2.24, 2.45) is 7.05 Å². The third-order valence-corrected chi connectivity index (χ3v) is 3.28. The third kappa shape index (κ3) is 4.61. The minimum atomic E-state index is -0.261. The average molecular weight is 297 g/mol. The van der Waals surface area contributed by atoms with E-state index in [-0.39, 0.29) is 12.1 Å². The molecule has 8 heteroatoms. The lowest BCUT2D eigenvalue weighted by Gasteiger charge is -2.30. The van der Waals surface area contributed by atoms with Gasteiger partial charge in [-0.05, 0) is 6.92 Å². The van der Waals surface area contributed by atoms with E-state index in [0.29, 0.717) is 18.1 Å². The average Bonchev–Trinajstić information content (AvgIpc) is 2.78. The molecule has 21 heavy (non-hydrogen) atoms. The molecular formula is C13H23N5O3. The first-order valence-electron chi connectivity index (χ1n) is 7.05. The number of methoxy groups -OCH3 is 1. The van der Waals surface area contributed by atoms with Crippen LogP contribution in [0.15, 0.2) is 6.20 Å².